The molecule has 0 spiro atoms. The summed E-state index contributed by atoms with van der Waals surface area (Å²) in [6.07, 6.45) is -0.541. The number of carboxylic acids is 1. The first-order valence-corrected chi connectivity index (χ1v) is 4.58. The molecule has 0 radical (unpaired) electrons. The lowest BCUT2D eigenvalue weighted by atomic mass is 9.96. The Morgan fingerprint density at radius 2 is 1.92 bits per heavy atom. The Morgan fingerprint density at radius 3 is 2.31 bits per heavy atom. The number of aliphatic hydroxyl groups is 2. The molecule has 0 aromatic carbocycles. The van der Waals surface area contributed by atoms with E-state index in [-0.39, 0.29) is 5.92 Å². The lowest BCUT2D eigenvalue weighted by Gasteiger charge is -2.17. The largest absolute Gasteiger partial charge is 0.479 e. The van der Waals surface area contributed by atoms with Crippen LogP contribution in [0.3, 0.4) is 0 Å². The van der Waals surface area contributed by atoms with Gasteiger partial charge in [0, 0.05) is 0 Å². The Bertz CT molecular complexity index is 158. The van der Waals surface area contributed by atoms with E-state index in [2.05, 4.69) is 0 Å². The molecule has 78 valence electrons. The van der Waals surface area contributed by atoms with Crippen LogP contribution in [0.25, 0.3) is 0 Å². The van der Waals surface area contributed by atoms with E-state index in [1.165, 1.54) is 0 Å². The highest BCUT2D eigenvalue weighted by atomic mass is 16.4. The molecule has 4 nitrogen and oxygen atoms in total. The van der Waals surface area contributed by atoms with E-state index >= 15 is 0 Å². The van der Waals surface area contributed by atoms with Crippen molar-refractivity contribution in [3.8, 4) is 0 Å². The van der Waals surface area contributed by atoms with Crippen molar-refractivity contribution in [3.63, 3.8) is 0 Å². The normalized spacial score (nSPS) is 17.8. The highest BCUT2D eigenvalue weighted by molar-refractivity contribution is 5.72. The van der Waals surface area contributed by atoms with Crippen molar-refractivity contribution >= 4 is 5.97 Å². The summed E-state index contributed by atoms with van der Waals surface area (Å²) in [5.41, 5.74) is 0. The van der Waals surface area contributed by atoms with E-state index in [0.29, 0.717) is 6.42 Å². The first-order valence-electron chi connectivity index (χ1n) is 4.58. The van der Waals surface area contributed by atoms with Gasteiger partial charge in [-0.15, -0.1) is 0 Å². The van der Waals surface area contributed by atoms with Gasteiger partial charge in [0.15, 0.2) is 6.10 Å². The summed E-state index contributed by atoms with van der Waals surface area (Å²) in [4.78, 5) is 10.3. The molecule has 0 bridgehead atoms. The molecule has 4 heteroatoms. The molecule has 0 fully saturated rings. The second-order valence-electron chi connectivity index (χ2n) is 3.48. The zero-order valence-electron chi connectivity index (χ0n) is 8.10. The van der Waals surface area contributed by atoms with Crippen molar-refractivity contribution in [2.75, 3.05) is 0 Å². The fourth-order valence-corrected chi connectivity index (χ4v) is 1.32. The van der Waals surface area contributed by atoms with Crippen molar-refractivity contribution in [2.24, 2.45) is 5.92 Å². The average molecular weight is 190 g/mol. The monoisotopic (exact) mass is 190 g/mol. The molecule has 0 saturated carbocycles. The van der Waals surface area contributed by atoms with E-state index in [1.807, 2.05) is 13.8 Å². The summed E-state index contributed by atoms with van der Waals surface area (Å²) in [5.74, 6) is -1.12. The second kappa shape index (κ2) is 5.94. The van der Waals surface area contributed by atoms with Crippen LogP contribution in [0, 0.1) is 5.92 Å². The molecule has 0 aliphatic rings. The number of carboxylic acid groups (broad SMARTS) is 1. The van der Waals surface area contributed by atoms with Crippen LogP contribution in [-0.2, 0) is 4.79 Å². The quantitative estimate of drug-likeness (QED) is 0.573. The molecule has 0 aliphatic carbocycles. The predicted octanol–water partition coefficient (Wildman–Crippen LogP) is 0.619. The fraction of sp³-hybridized carbons (Fsp3) is 0.889. The molecular weight excluding hydrogens is 172 g/mol. The Hall–Kier alpha value is -0.610. The molecule has 0 aliphatic heterocycles. The minimum Gasteiger partial charge on any atom is -0.479 e. The molecule has 0 saturated heterocycles. The topological polar surface area (TPSA) is 77.8 Å². The third kappa shape index (κ3) is 4.85. The summed E-state index contributed by atoms with van der Waals surface area (Å²) in [7, 11) is 0. The van der Waals surface area contributed by atoms with Crippen LogP contribution in [0.2, 0.25) is 0 Å². The van der Waals surface area contributed by atoms with Gasteiger partial charge in [0.2, 0.25) is 0 Å². The van der Waals surface area contributed by atoms with Crippen LogP contribution in [-0.4, -0.2) is 33.5 Å². The second-order valence-corrected chi connectivity index (χ2v) is 3.48. The zero-order valence-corrected chi connectivity index (χ0v) is 8.10. The minimum atomic E-state index is -1.65. The Labute approximate surface area is 78.2 Å². The lowest BCUT2D eigenvalue weighted by Crippen LogP contribution is -2.34. The van der Waals surface area contributed by atoms with Gasteiger partial charge in [-0.05, 0) is 12.3 Å². The van der Waals surface area contributed by atoms with Crippen LogP contribution < -0.4 is 0 Å². The number of hydrogen-bond donors (Lipinski definition) is 3. The van der Waals surface area contributed by atoms with Crippen LogP contribution in [0.15, 0.2) is 0 Å². The summed E-state index contributed by atoms with van der Waals surface area (Å²) >= 11 is 0. The van der Waals surface area contributed by atoms with Gasteiger partial charge in [0.25, 0.3) is 0 Å². The number of hydrogen-bond acceptors (Lipinski definition) is 3. The average Bonchev–Trinajstić information content (AvgIpc) is 2.03. The maximum atomic E-state index is 10.3. The summed E-state index contributed by atoms with van der Waals surface area (Å²) in [6.45, 7) is 3.96. The van der Waals surface area contributed by atoms with Crippen LogP contribution in [0.4, 0.5) is 0 Å². The molecule has 3 atom stereocenters. The number of carbonyl (C=O) groups is 1. The highest BCUT2D eigenvalue weighted by Gasteiger charge is 2.24. The zero-order chi connectivity index (χ0) is 10.4. The third-order valence-electron chi connectivity index (χ3n) is 2.04. The van der Waals surface area contributed by atoms with Gasteiger partial charge in [0.05, 0.1) is 6.10 Å². The minimum absolute atomic E-state index is 0.244. The van der Waals surface area contributed by atoms with E-state index in [1.54, 1.807) is 0 Å². The summed E-state index contributed by atoms with van der Waals surface area (Å²) in [5, 5.41) is 26.6. The smallest absolute Gasteiger partial charge is 0.335 e. The molecule has 0 rings (SSSR count). The molecule has 0 aromatic rings. The molecule has 3 unspecified atom stereocenters. The number of aliphatic hydroxyl groups excluding tert-OH is 2. The third-order valence-corrected chi connectivity index (χ3v) is 2.04. The van der Waals surface area contributed by atoms with Gasteiger partial charge < -0.3 is 15.3 Å². The maximum Gasteiger partial charge on any atom is 0.335 e. The standard InChI is InChI=1S/C9H18O4/c1-3-4-6(2)5-7(10)8(11)9(12)13/h6-8,10-11H,3-5H2,1-2H3,(H,12,13). The van der Waals surface area contributed by atoms with Gasteiger partial charge in [-0.25, -0.2) is 4.79 Å². The first kappa shape index (κ1) is 12.4. The van der Waals surface area contributed by atoms with Crippen molar-refractivity contribution in [3.05, 3.63) is 0 Å². The molecule has 0 amide bonds. The van der Waals surface area contributed by atoms with Gasteiger partial charge in [0.1, 0.15) is 0 Å². The lowest BCUT2D eigenvalue weighted by molar-refractivity contribution is -0.153. The van der Waals surface area contributed by atoms with Crippen molar-refractivity contribution in [2.45, 2.75) is 45.3 Å². The van der Waals surface area contributed by atoms with E-state index in [4.69, 9.17) is 10.2 Å². The number of aliphatic carboxylic acids is 1. The van der Waals surface area contributed by atoms with Gasteiger partial charge >= 0.3 is 5.97 Å². The van der Waals surface area contributed by atoms with Crippen LogP contribution in [0.5, 0.6) is 0 Å². The van der Waals surface area contributed by atoms with Crippen LogP contribution >= 0.6 is 0 Å². The molecule has 0 heterocycles. The van der Waals surface area contributed by atoms with Crippen molar-refractivity contribution in [1.29, 1.82) is 0 Å². The summed E-state index contributed by atoms with van der Waals surface area (Å²) in [6, 6.07) is 0. The molecule has 3 N–H and O–H groups in total. The van der Waals surface area contributed by atoms with Gasteiger partial charge in [-0.2, -0.15) is 0 Å². The molecular formula is C9H18O4. The summed E-state index contributed by atoms with van der Waals surface area (Å²) < 4.78 is 0. The van der Waals surface area contributed by atoms with Gasteiger partial charge in [-0.3, -0.25) is 0 Å². The molecule has 0 aromatic heterocycles. The van der Waals surface area contributed by atoms with Gasteiger partial charge in [-0.1, -0.05) is 26.7 Å². The van der Waals surface area contributed by atoms with E-state index in [9.17, 15) is 9.90 Å². The van der Waals surface area contributed by atoms with E-state index < -0.39 is 18.2 Å². The maximum absolute atomic E-state index is 10.3. The Kier molecular flexibility index (Phi) is 5.66. The van der Waals surface area contributed by atoms with E-state index in [0.717, 1.165) is 12.8 Å². The van der Waals surface area contributed by atoms with Crippen molar-refractivity contribution < 1.29 is 20.1 Å². The fourth-order valence-electron chi connectivity index (χ4n) is 1.32. The first-order chi connectivity index (χ1) is 5.99. The highest BCUT2D eigenvalue weighted by Crippen LogP contribution is 2.14. The predicted molar refractivity (Wildman–Crippen MR) is 48.3 cm³/mol. The molecule has 13 heavy (non-hydrogen) atoms. The van der Waals surface area contributed by atoms with Crippen LogP contribution in [0.1, 0.15) is 33.1 Å². The number of rotatable bonds is 6. The Morgan fingerprint density at radius 1 is 1.38 bits per heavy atom. The Balaban J connectivity index is 3.84. The van der Waals surface area contributed by atoms with Crippen molar-refractivity contribution in [1.82, 2.24) is 0 Å². The SMILES string of the molecule is CCCC(C)CC(O)C(O)C(=O)O.